The molecule has 1 amide bonds. The second-order valence-corrected chi connectivity index (χ2v) is 5.88. The van der Waals surface area contributed by atoms with E-state index < -0.39 is 11.6 Å². The first-order valence-corrected chi connectivity index (χ1v) is 7.02. The van der Waals surface area contributed by atoms with Gasteiger partial charge in [0.05, 0.1) is 6.42 Å². The number of amides is 1. The molecule has 0 spiro atoms. The van der Waals surface area contributed by atoms with Crippen molar-refractivity contribution in [2.45, 2.75) is 25.3 Å². The van der Waals surface area contributed by atoms with E-state index in [2.05, 4.69) is 0 Å². The molecule has 0 unspecified atom stereocenters. The Morgan fingerprint density at radius 3 is 2.75 bits per heavy atom. The van der Waals surface area contributed by atoms with Crippen LogP contribution in [-0.2, 0) is 11.2 Å². The Labute approximate surface area is 116 Å². The SMILES string of the molecule is N[C@H]1CN(C(=O)Cc2cc(F)ccc2F)C[C@@H]1C1CC1. The lowest BCUT2D eigenvalue weighted by Gasteiger charge is -2.16. The number of benzene rings is 1. The monoisotopic (exact) mass is 280 g/mol. The van der Waals surface area contributed by atoms with Crippen molar-refractivity contribution in [3.63, 3.8) is 0 Å². The average Bonchev–Trinajstić information content (AvgIpc) is 3.17. The van der Waals surface area contributed by atoms with Crippen LogP contribution in [0.2, 0.25) is 0 Å². The Morgan fingerprint density at radius 2 is 2.05 bits per heavy atom. The van der Waals surface area contributed by atoms with Crippen LogP contribution in [0.3, 0.4) is 0 Å². The fourth-order valence-electron chi connectivity index (χ4n) is 3.03. The van der Waals surface area contributed by atoms with Crippen molar-refractivity contribution in [2.75, 3.05) is 13.1 Å². The Bertz CT molecular complexity index is 531. The molecule has 2 fully saturated rings. The number of halogens is 2. The summed E-state index contributed by atoms with van der Waals surface area (Å²) in [6, 6.07) is 3.21. The van der Waals surface area contributed by atoms with E-state index in [-0.39, 0.29) is 23.9 Å². The van der Waals surface area contributed by atoms with Gasteiger partial charge < -0.3 is 10.6 Å². The smallest absolute Gasteiger partial charge is 0.227 e. The lowest BCUT2D eigenvalue weighted by Crippen LogP contribution is -2.33. The van der Waals surface area contributed by atoms with Crippen LogP contribution in [0.1, 0.15) is 18.4 Å². The van der Waals surface area contributed by atoms with Gasteiger partial charge in [0.1, 0.15) is 11.6 Å². The van der Waals surface area contributed by atoms with Gasteiger partial charge in [-0.1, -0.05) is 0 Å². The molecule has 1 aliphatic carbocycles. The van der Waals surface area contributed by atoms with Crippen molar-refractivity contribution in [1.29, 1.82) is 0 Å². The normalized spacial score (nSPS) is 26.1. The molecule has 3 rings (SSSR count). The van der Waals surface area contributed by atoms with E-state index in [1.807, 2.05) is 0 Å². The zero-order valence-electron chi connectivity index (χ0n) is 11.2. The van der Waals surface area contributed by atoms with Gasteiger partial charge in [-0.3, -0.25) is 4.79 Å². The van der Waals surface area contributed by atoms with Crippen molar-refractivity contribution in [2.24, 2.45) is 17.6 Å². The van der Waals surface area contributed by atoms with Gasteiger partial charge in [-0.05, 0) is 42.9 Å². The van der Waals surface area contributed by atoms with E-state index in [0.29, 0.717) is 24.9 Å². The van der Waals surface area contributed by atoms with Crippen molar-refractivity contribution < 1.29 is 13.6 Å². The number of nitrogens with zero attached hydrogens (tertiary/aromatic N) is 1. The Balaban J connectivity index is 1.66. The summed E-state index contributed by atoms with van der Waals surface area (Å²) in [5.74, 6) is -0.219. The topological polar surface area (TPSA) is 46.3 Å². The molecule has 0 aromatic heterocycles. The van der Waals surface area contributed by atoms with E-state index in [1.54, 1.807) is 4.90 Å². The van der Waals surface area contributed by atoms with E-state index in [4.69, 9.17) is 5.73 Å². The summed E-state index contributed by atoms with van der Waals surface area (Å²) in [4.78, 5) is 13.9. The van der Waals surface area contributed by atoms with Gasteiger partial charge in [-0.25, -0.2) is 8.78 Å². The molecule has 1 saturated carbocycles. The van der Waals surface area contributed by atoms with E-state index in [1.165, 1.54) is 12.8 Å². The van der Waals surface area contributed by atoms with Crippen molar-refractivity contribution in [1.82, 2.24) is 4.90 Å². The van der Waals surface area contributed by atoms with E-state index in [0.717, 1.165) is 18.2 Å². The summed E-state index contributed by atoms with van der Waals surface area (Å²) in [6.07, 6.45) is 2.28. The zero-order valence-corrected chi connectivity index (χ0v) is 11.2. The molecule has 108 valence electrons. The van der Waals surface area contributed by atoms with Gasteiger partial charge >= 0.3 is 0 Å². The molecule has 1 saturated heterocycles. The quantitative estimate of drug-likeness (QED) is 0.916. The van der Waals surface area contributed by atoms with Crippen LogP contribution in [0.5, 0.6) is 0 Å². The Kier molecular flexibility index (Phi) is 3.46. The Hall–Kier alpha value is -1.49. The van der Waals surface area contributed by atoms with Crippen LogP contribution < -0.4 is 5.73 Å². The first-order valence-electron chi connectivity index (χ1n) is 7.02. The third kappa shape index (κ3) is 2.68. The molecule has 3 nitrogen and oxygen atoms in total. The number of hydrogen-bond donors (Lipinski definition) is 1. The molecular weight excluding hydrogens is 262 g/mol. The third-order valence-corrected chi connectivity index (χ3v) is 4.34. The molecule has 1 aromatic carbocycles. The fourth-order valence-corrected chi connectivity index (χ4v) is 3.03. The number of nitrogens with two attached hydrogens (primary N) is 1. The first kappa shape index (κ1) is 13.5. The summed E-state index contributed by atoms with van der Waals surface area (Å²) >= 11 is 0. The summed E-state index contributed by atoms with van der Waals surface area (Å²) in [7, 11) is 0. The molecule has 1 aliphatic heterocycles. The molecule has 0 radical (unpaired) electrons. The number of hydrogen-bond acceptors (Lipinski definition) is 2. The largest absolute Gasteiger partial charge is 0.340 e. The first-order chi connectivity index (χ1) is 9.54. The van der Waals surface area contributed by atoms with Gasteiger partial charge in [-0.15, -0.1) is 0 Å². The van der Waals surface area contributed by atoms with Crippen molar-refractivity contribution in [3.8, 4) is 0 Å². The zero-order chi connectivity index (χ0) is 14.3. The number of carbonyl (C=O) groups is 1. The predicted octanol–water partition coefficient (Wildman–Crippen LogP) is 1.70. The highest BCUT2D eigenvalue weighted by atomic mass is 19.1. The molecule has 1 heterocycles. The average molecular weight is 280 g/mol. The lowest BCUT2D eigenvalue weighted by molar-refractivity contribution is -0.129. The summed E-state index contributed by atoms with van der Waals surface area (Å²) in [6.45, 7) is 1.18. The summed E-state index contributed by atoms with van der Waals surface area (Å²) < 4.78 is 26.6. The molecule has 2 N–H and O–H groups in total. The highest BCUT2D eigenvalue weighted by Crippen LogP contribution is 2.40. The van der Waals surface area contributed by atoms with Crippen molar-refractivity contribution in [3.05, 3.63) is 35.4 Å². The molecular formula is C15H18F2N2O. The predicted molar refractivity (Wildman–Crippen MR) is 70.8 cm³/mol. The van der Waals surface area contributed by atoms with Gasteiger partial charge in [-0.2, -0.15) is 0 Å². The van der Waals surface area contributed by atoms with E-state index in [9.17, 15) is 13.6 Å². The minimum Gasteiger partial charge on any atom is -0.340 e. The number of carbonyl (C=O) groups excluding carboxylic acids is 1. The van der Waals surface area contributed by atoms with Crippen LogP contribution in [-0.4, -0.2) is 29.9 Å². The third-order valence-electron chi connectivity index (χ3n) is 4.34. The molecule has 2 aliphatic rings. The molecule has 2 atom stereocenters. The summed E-state index contributed by atoms with van der Waals surface area (Å²) in [5, 5.41) is 0. The Morgan fingerprint density at radius 1 is 1.30 bits per heavy atom. The van der Waals surface area contributed by atoms with Gasteiger partial charge in [0.2, 0.25) is 5.91 Å². The number of rotatable bonds is 3. The highest BCUT2D eigenvalue weighted by Gasteiger charge is 2.42. The lowest BCUT2D eigenvalue weighted by atomic mass is 9.99. The maximum absolute atomic E-state index is 13.5. The second kappa shape index (κ2) is 5.13. The fraction of sp³-hybridized carbons (Fsp3) is 0.533. The van der Waals surface area contributed by atoms with E-state index >= 15 is 0 Å². The summed E-state index contributed by atoms with van der Waals surface area (Å²) in [5.41, 5.74) is 6.18. The molecule has 0 bridgehead atoms. The van der Waals surface area contributed by atoms with Crippen LogP contribution >= 0.6 is 0 Å². The van der Waals surface area contributed by atoms with Crippen LogP contribution in [0, 0.1) is 23.5 Å². The highest BCUT2D eigenvalue weighted by molar-refractivity contribution is 5.79. The van der Waals surface area contributed by atoms with Gasteiger partial charge in [0, 0.05) is 24.7 Å². The van der Waals surface area contributed by atoms with Crippen LogP contribution in [0.15, 0.2) is 18.2 Å². The molecule has 1 aromatic rings. The van der Waals surface area contributed by atoms with Crippen molar-refractivity contribution >= 4 is 5.91 Å². The standard InChI is InChI=1S/C15H18F2N2O/c16-11-3-4-13(17)10(5-11)6-15(20)19-7-12(9-1-2-9)14(18)8-19/h3-5,9,12,14H,1-2,6-8,18H2/t12-,14+/m1/s1. The van der Waals surface area contributed by atoms with Gasteiger partial charge in [0.25, 0.3) is 0 Å². The maximum atomic E-state index is 13.5. The van der Waals surface area contributed by atoms with Gasteiger partial charge in [0.15, 0.2) is 0 Å². The second-order valence-electron chi connectivity index (χ2n) is 5.88. The number of likely N-dealkylation sites (tertiary alicyclic amines) is 1. The van der Waals surface area contributed by atoms with Crippen LogP contribution in [0.25, 0.3) is 0 Å². The minimum atomic E-state index is -0.540. The molecule has 5 heteroatoms. The molecule has 20 heavy (non-hydrogen) atoms. The maximum Gasteiger partial charge on any atom is 0.227 e. The van der Waals surface area contributed by atoms with Crippen LogP contribution in [0.4, 0.5) is 8.78 Å². The minimum absolute atomic E-state index is 0.0174.